The average molecular weight is 210 g/mol. The second kappa shape index (κ2) is 3.63. The molecule has 2 nitrogen and oxygen atoms in total. The van der Waals surface area contributed by atoms with Crippen molar-refractivity contribution in [1.82, 2.24) is 0 Å². The predicted octanol–water partition coefficient (Wildman–Crippen LogP) is 3.44. The number of nitrogens with zero attached hydrogens (tertiary/aromatic N) is 2. The van der Waals surface area contributed by atoms with Crippen LogP contribution in [-0.2, 0) is 0 Å². The highest BCUT2D eigenvalue weighted by molar-refractivity contribution is 6.09. The summed E-state index contributed by atoms with van der Waals surface area (Å²) in [5.74, 6) is 0. The van der Waals surface area contributed by atoms with E-state index in [-0.39, 0.29) is 0 Å². The summed E-state index contributed by atoms with van der Waals surface area (Å²) in [5, 5.41) is 0. The summed E-state index contributed by atoms with van der Waals surface area (Å²) in [7, 11) is 0. The Hall–Kier alpha value is -1.83. The van der Waals surface area contributed by atoms with E-state index in [0.717, 1.165) is 18.7 Å². The van der Waals surface area contributed by atoms with Crippen molar-refractivity contribution in [2.75, 3.05) is 11.4 Å². The maximum absolute atomic E-state index is 4.72. The zero-order valence-electron chi connectivity index (χ0n) is 9.35. The molecule has 1 aromatic carbocycles. The quantitative estimate of drug-likeness (QED) is 0.693. The zero-order valence-corrected chi connectivity index (χ0v) is 9.35. The smallest absolute Gasteiger partial charge is 0.0870 e. The van der Waals surface area contributed by atoms with Crippen LogP contribution in [0.25, 0.3) is 0 Å². The van der Waals surface area contributed by atoms with Gasteiger partial charge in [-0.2, -0.15) is 0 Å². The molecule has 3 rings (SSSR count). The third-order valence-corrected chi connectivity index (χ3v) is 3.03. The first kappa shape index (κ1) is 9.40. The van der Waals surface area contributed by atoms with E-state index < -0.39 is 0 Å². The van der Waals surface area contributed by atoms with Crippen LogP contribution in [0.2, 0.25) is 0 Å². The molecular weight excluding hydrogens is 196 g/mol. The van der Waals surface area contributed by atoms with E-state index in [2.05, 4.69) is 48.3 Å². The fraction of sp³-hybridized carbons (Fsp3) is 0.214. The van der Waals surface area contributed by atoms with Gasteiger partial charge in [0.2, 0.25) is 0 Å². The second-order valence-electron chi connectivity index (χ2n) is 3.98. The van der Waals surface area contributed by atoms with Gasteiger partial charge in [-0.15, -0.1) is 0 Å². The van der Waals surface area contributed by atoms with Gasteiger partial charge in [-0.1, -0.05) is 24.3 Å². The molecule has 2 aliphatic rings. The Bertz CT molecular complexity index is 509. The van der Waals surface area contributed by atoms with E-state index in [9.17, 15) is 0 Å². The molecule has 0 spiro atoms. The summed E-state index contributed by atoms with van der Waals surface area (Å²) in [4.78, 5) is 7.06. The van der Waals surface area contributed by atoms with Gasteiger partial charge in [0.15, 0.2) is 0 Å². The van der Waals surface area contributed by atoms with Crippen molar-refractivity contribution in [1.29, 1.82) is 0 Å². The number of aliphatic imine (C=N–C) groups is 1. The van der Waals surface area contributed by atoms with Gasteiger partial charge >= 0.3 is 0 Å². The third kappa shape index (κ3) is 1.30. The topological polar surface area (TPSA) is 15.6 Å². The molecule has 1 aliphatic heterocycles. The number of rotatable bonds is 1. The first-order chi connectivity index (χ1) is 7.90. The molecule has 0 saturated heterocycles. The van der Waals surface area contributed by atoms with Crippen LogP contribution in [0.5, 0.6) is 0 Å². The molecule has 0 unspecified atom stereocenters. The maximum atomic E-state index is 4.72. The van der Waals surface area contributed by atoms with Crippen LogP contribution in [0.15, 0.2) is 53.2 Å². The highest BCUT2D eigenvalue weighted by Gasteiger charge is 2.23. The molecule has 80 valence electrons. The second-order valence-corrected chi connectivity index (χ2v) is 3.98. The van der Waals surface area contributed by atoms with Crippen LogP contribution in [-0.4, -0.2) is 12.3 Å². The largest absolute Gasteiger partial charge is 0.339 e. The molecule has 1 aliphatic carbocycles. The molecule has 1 aromatic rings. The van der Waals surface area contributed by atoms with Gasteiger partial charge in [0.1, 0.15) is 0 Å². The summed E-state index contributed by atoms with van der Waals surface area (Å²) in [6, 6.07) is 8.34. The molecule has 0 atom stereocenters. The summed E-state index contributed by atoms with van der Waals surface area (Å²) in [6.07, 6.45) is 7.37. The Kier molecular flexibility index (Phi) is 2.13. The van der Waals surface area contributed by atoms with E-state index in [1.54, 1.807) is 0 Å². The van der Waals surface area contributed by atoms with Gasteiger partial charge in [0, 0.05) is 13.0 Å². The molecule has 0 amide bonds. The molecule has 16 heavy (non-hydrogen) atoms. The Morgan fingerprint density at radius 2 is 2.19 bits per heavy atom. The van der Waals surface area contributed by atoms with Crippen molar-refractivity contribution in [3.63, 3.8) is 0 Å². The van der Waals surface area contributed by atoms with Gasteiger partial charge in [-0.05, 0) is 25.1 Å². The first-order valence-electron chi connectivity index (χ1n) is 5.71. The normalized spacial score (nSPS) is 17.4. The molecule has 0 bridgehead atoms. The SMILES string of the molecule is CCN1C2=CC=CCC2=Nc2ccccc21. The van der Waals surface area contributed by atoms with Crippen LogP contribution >= 0.6 is 0 Å². The van der Waals surface area contributed by atoms with Crippen molar-refractivity contribution >= 4 is 17.1 Å². The lowest BCUT2D eigenvalue weighted by molar-refractivity contribution is 0.969. The summed E-state index contributed by atoms with van der Waals surface area (Å²) < 4.78 is 0. The summed E-state index contributed by atoms with van der Waals surface area (Å²) in [5.41, 5.74) is 4.74. The van der Waals surface area contributed by atoms with Gasteiger partial charge < -0.3 is 4.90 Å². The molecule has 0 aromatic heterocycles. The fourth-order valence-electron chi connectivity index (χ4n) is 2.29. The molecule has 0 fully saturated rings. The number of benzene rings is 1. The van der Waals surface area contributed by atoms with Crippen molar-refractivity contribution in [3.05, 3.63) is 48.2 Å². The maximum Gasteiger partial charge on any atom is 0.0870 e. The minimum Gasteiger partial charge on any atom is -0.339 e. The van der Waals surface area contributed by atoms with E-state index in [1.165, 1.54) is 17.1 Å². The molecule has 1 heterocycles. The lowest BCUT2D eigenvalue weighted by atomic mass is 10.0. The summed E-state index contributed by atoms with van der Waals surface area (Å²) >= 11 is 0. The lowest BCUT2D eigenvalue weighted by Gasteiger charge is -2.32. The van der Waals surface area contributed by atoms with E-state index in [1.807, 2.05) is 6.07 Å². The Morgan fingerprint density at radius 3 is 3.06 bits per heavy atom. The van der Waals surface area contributed by atoms with Crippen LogP contribution < -0.4 is 4.90 Å². The average Bonchev–Trinajstić information content (AvgIpc) is 2.36. The Balaban J connectivity index is 2.20. The Morgan fingerprint density at radius 1 is 1.31 bits per heavy atom. The van der Waals surface area contributed by atoms with Gasteiger partial charge in [-0.25, -0.2) is 4.99 Å². The van der Waals surface area contributed by atoms with Crippen LogP contribution in [0.4, 0.5) is 11.4 Å². The van der Waals surface area contributed by atoms with Gasteiger partial charge in [-0.3, -0.25) is 0 Å². The molecule has 2 heteroatoms. The van der Waals surface area contributed by atoms with Crippen LogP contribution in [0.3, 0.4) is 0 Å². The first-order valence-corrected chi connectivity index (χ1v) is 5.71. The van der Waals surface area contributed by atoms with Crippen LogP contribution in [0, 0.1) is 0 Å². The van der Waals surface area contributed by atoms with Gasteiger partial charge in [0.05, 0.1) is 22.8 Å². The fourth-order valence-corrected chi connectivity index (χ4v) is 2.29. The van der Waals surface area contributed by atoms with Crippen molar-refractivity contribution in [2.45, 2.75) is 13.3 Å². The highest BCUT2D eigenvalue weighted by Crippen LogP contribution is 2.37. The monoisotopic (exact) mass is 210 g/mol. The number of hydrogen-bond donors (Lipinski definition) is 0. The van der Waals surface area contributed by atoms with E-state index in [4.69, 9.17) is 4.99 Å². The third-order valence-electron chi connectivity index (χ3n) is 3.03. The summed E-state index contributed by atoms with van der Waals surface area (Å²) in [6.45, 7) is 3.16. The van der Waals surface area contributed by atoms with Crippen molar-refractivity contribution < 1.29 is 0 Å². The molecule has 0 saturated carbocycles. The number of anilines is 1. The van der Waals surface area contributed by atoms with Crippen LogP contribution in [0.1, 0.15) is 13.3 Å². The molecule has 0 N–H and O–H groups in total. The minimum absolute atomic E-state index is 0.941. The predicted molar refractivity (Wildman–Crippen MR) is 68.4 cm³/mol. The number of allylic oxidation sites excluding steroid dienone is 4. The number of fused-ring (bicyclic) bond motifs is 2. The molecular formula is C14H14N2. The van der Waals surface area contributed by atoms with Crippen molar-refractivity contribution in [2.24, 2.45) is 4.99 Å². The van der Waals surface area contributed by atoms with E-state index in [0.29, 0.717) is 0 Å². The minimum atomic E-state index is 0.941. The lowest BCUT2D eigenvalue weighted by Crippen LogP contribution is -2.30. The molecule has 0 radical (unpaired) electrons. The highest BCUT2D eigenvalue weighted by atomic mass is 15.2. The van der Waals surface area contributed by atoms with Gasteiger partial charge in [0.25, 0.3) is 0 Å². The number of para-hydroxylation sites is 2. The zero-order chi connectivity index (χ0) is 11.0. The number of hydrogen-bond acceptors (Lipinski definition) is 2. The van der Waals surface area contributed by atoms with Crippen molar-refractivity contribution in [3.8, 4) is 0 Å². The van der Waals surface area contributed by atoms with E-state index >= 15 is 0 Å². The Labute approximate surface area is 95.6 Å². The standard InChI is InChI=1S/C14H14N2/c1-2-16-13-9-5-3-7-11(13)15-12-8-4-6-10-14(12)16/h3-7,9-10H,2,8H2,1H3.